The highest BCUT2D eigenvalue weighted by Gasteiger charge is 2.21. The van der Waals surface area contributed by atoms with Gasteiger partial charge in [0.2, 0.25) is 0 Å². The van der Waals surface area contributed by atoms with Crippen LogP contribution in [0.3, 0.4) is 0 Å². The van der Waals surface area contributed by atoms with Crippen molar-refractivity contribution in [3.8, 4) is 5.75 Å². The molecule has 7 nitrogen and oxygen atoms in total. The quantitative estimate of drug-likeness (QED) is 0.703. The van der Waals surface area contributed by atoms with Crippen molar-refractivity contribution in [2.45, 2.75) is 12.8 Å². The number of carbonyl (C=O) groups excluding carboxylic acids is 2. The molecule has 2 rings (SSSR count). The smallest absolute Gasteiger partial charge is 0.255 e. The largest absolute Gasteiger partial charge is 0.549 e. The molecule has 1 aliphatic rings. The molecule has 1 aromatic rings. The molecule has 0 saturated carbocycles. The molecule has 0 unspecified atom stereocenters. The zero-order valence-corrected chi connectivity index (χ0v) is 14.3. The number of nitrogen functional groups attached to an aromatic ring is 1. The number of likely N-dealkylation sites (tertiary alicyclic amines) is 1. The first kappa shape index (κ1) is 18.4. The number of aliphatic carboxylic acids is 1. The zero-order valence-electron chi connectivity index (χ0n) is 13.5. The van der Waals surface area contributed by atoms with Gasteiger partial charge in [-0.1, -0.05) is 11.6 Å². The molecular formula is C16H21ClN3O4-. The van der Waals surface area contributed by atoms with Gasteiger partial charge in [0.15, 0.2) is 0 Å². The van der Waals surface area contributed by atoms with E-state index in [1.165, 1.54) is 19.2 Å². The number of methoxy groups -OCH3 is 1. The van der Waals surface area contributed by atoms with Crippen LogP contribution in [0.4, 0.5) is 5.69 Å². The predicted octanol–water partition coefficient (Wildman–Crippen LogP) is 0.123. The van der Waals surface area contributed by atoms with Crippen LogP contribution in [-0.2, 0) is 4.79 Å². The second kappa shape index (κ2) is 8.21. The lowest BCUT2D eigenvalue weighted by atomic mass is 9.96. The maximum atomic E-state index is 12.4. The Balaban J connectivity index is 1.88. The van der Waals surface area contributed by atoms with Crippen molar-refractivity contribution in [1.82, 2.24) is 10.2 Å². The fourth-order valence-electron chi connectivity index (χ4n) is 2.78. The second-order valence-corrected chi connectivity index (χ2v) is 6.28. The number of nitrogens with two attached hydrogens (primary N) is 1. The molecule has 8 heteroatoms. The van der Waals surface area contributed by atoms with Crippen molar-refractivity contribution in [2.75, 3.05) is 39.0 Å². The molecule has 1 aliphatic heterocycles. The zero-order chi connectivity index (χ0) is 17.7. The Bertz CT molecular complexity index is 616. The number of rotatable bonds is 6. The van der Waals surface area contributed by atoms with Crippen LogP contribution in [-0.4, -0.2) is 50.1 Å². The van der Waals surface area contributed by atoms with Crippen LogP contribution >= 0.6 is 11.6 Å². The standard InChI is InChI=1S/C16H22ClN3O4/c1-24-14-7-13(18)12(17)6-11(14)16(23)19-8-10-2-4-20(5-3-10)9-15(21)22/h6-7,10H,2-5,8-9,18H2,1H3,(H,19,23)(H,21,22)/p-1. The number of ether oxygens (including phenoxy) is 1. The number of nitrogens with zero attached hydrogens (tertiary/aromatic N) is 1. The Hall–Kier alpha value is -1.99. The van der Waals surface area contributed by atoms with Crippen molar-refractivity contribution >= 4 is 29.2 Å². The van der Waals surface area contributed by atoms with Gasteiger partial charge in [-0.3, -0.25) is 9.69 Å². The first-order chi connectivity index (χ1) is 11.4. The number of nitrogens with one attached hydrogen (secondary N) is 1. The Morgan fingerprint density at radius 2 is 2.08 bits per heavy atom. The van der Waals surface area contributed by atoms with E-state index >= 15 is 0 Å². The van der Waals surface area contributed by atoms with Gasteiger partial charge < -0.3 is 25.7 Å². The van der Waals surface area contributed by atoms with E-state index < -0.39 is 5.97 Å². The van der Waals surface area contributed by atoms with Crippen molar-refractivity contribution in [3.63, 3.8) is 0 Å². The summed E-state index contributed by atoms with van der Waals surface area (Å²) in [5, 5.41) is 13.8. The summed E-state index contributed by atoms with van der Waals surface area (Å²) in [5.41, 5.74) is 6.40. The van der Waals surface area contributed by atoms with Gasteiger partial charge in [0.25, 0.3) is 5.91 Å². The van der Waals surface area contributed by atoms with E-state index in [9.17, 15) is 14.7 Å². The maximum Gasteiger partial charge on any atom is 0.255 e. The number of hydrogen-bond donors (Lipinski definition) is 2. The van der Waals surface area contributed by atoms with Gasteiger partial charge in [-0.25, -0.2) is 0 Å². The summed E-state index contributed by atoms with van der Waals surface area (Å²) in [6.45, 7) is 1.85. The van der Waals surface area contributed by atoms with E-state index in [2.05, 4.69) is 5.32 Å². The molecule has 3 N–H and O–H groups in total. The van der Waals surface area contributed by atoms with Gasteiger partial charge in [0.05, 0.1) is 29.4 Å². The number of piperidine rings is 1. The number of carbonyl (C=O) groups is 2. The molecule has 1 heterocycles. The van der Waals surface area contributed by atoms with Crippen molar-refractivity contribution in [2.24, 2.45) is 5.92 Å². The maximum absolute atomic E-state index is 12.4. The van der Waals surface area contributed by atoms with E-state index in [0.717, 1.165) is 12.8 Å². The van der Waals surface area contributed by atoms with Crippen molar-refractivity contribution in [1.29, 1.82) is 0 Å². The van der Waals surface area contributed by atoms with Crippen LogP contribution < -0.4 is 20.9 Å². The number of halogens is 1. The Labute approximate surface area is 145 Å². The molecule has 0 aromatic heterocycles. The lowest BCUT2D eigenvalue weighted by Crippen LogP contribution is -2.44. The van der Waals surface area contributed by atoms with Crippen molar-refractivity contribution in [3.05, 3.63) is 22.7 Å². The summed E-state index contributed by atoms with van der Waals surface area (Å²) >= 11 is 5.97. The summed E-state index contributed by atoms with van der Waals surface area (Å²) in [6.07, 6.45) is 1.65. The Morgan fingerprint density at radius 1 is 1.42 bits per heavy atom. The fraction of sp³-hybridized carbons (Fsp3) is 0.500. The summed E-state index contributed by atoms with van der Waals surface area (Å²) in [4.78, 5) is 24.8. The minimum absolute atomic E-state index is 0.0415. The minimum Gasteiger partial charge on any atom is -0.549 e. The monoisotopic (exact) mass is 354 g/mol. The molecule has 0 spiro atoms. The molecule has 1 fully saturated rings. The fourth-order valence-corrected chi connectivity index (χ4v) is 2.94. The first-order valence-electron chi connectivity index (χ1n) is 7.74. The summed E-state index contributed by atoms with van der Waals surface area (Å²) in [5.74, 6) is -0.652. The average molecular weight is 355 g/mol. The third kappa shape index (κ3) is 4.75. The van der Waals surface area contributed by atoms with Crippen LogP contribution in [0, 0.1) is 5.92 Å². The van der Waals surface area contributed by atoms with Gasteiger partial charge in [-0.05, 0) is 37.9 Å². The highest BCUT2D eigenvalue weighted by Crippen LogP contribution is 2.28. The number of hydrogen-bond acceptors (Lipinski definition) is 6. The Morgan fingerprint density at radius 3 is 2.67 bits per heavy atom. The summed E-state index contributed by atoms with van der Waals surface area (Å²) in [6, 6.07) is 3.02. The van der Waals surface area contributed by atoms with E-state index in [1.807, 2.05) is 4.90 Å². The molecule has 0 bridgehead atoms. The molecule has 1 saturated heterocycles. The van der Waals surface area contributed by atoms with Gasteiger partial charge in [0.1, 0.15) is 5.75 Å². The second-order valence-electron chi connectivity index (χ2n) is 5.88. The lowest BCUT2D eigenvalue weighted by molar-refractivity contribution is -0.306. The molecule has 0 atom stereocenters. The predicted molar refractivity (Wildman–Crippen MR) is 88.9 cm³/mol. The van der Waals surface area contributed by atoms with Crippen LogP contribution in [0.5, 0.6) is 5.75 Å². The number of benzene rings is 1. The molecule has 0 radical (unpaired) electrons. The lowest BCUT2D eigenvalue weighted by Gasteiger charge is -2.32. The van der Waals surface area contributed by atoms with E-state index in [0.29, 0.717) is 47.6 Å². The molecule has 132 valence electrons. The molecule has 1 aromatic carbocycles. The normalized spacial score (nSPS) is 15.9. The van der Waals surface area contributed by atoms with Gasteiger partial charge in [-0.15, -0.1) is 0 Å². The topological polar surface area (TPSA) is 108 Å². The summed E-state index contributed by atoms with van der Waals surface area (Å²) < 4.78 is 5.18. The number of carboxylic acids is 1. The minimum atomic E-state index is -1.06. The first-order valence-corrected chi connectivity index (χ1v) is 8.12. The molecule has 0 aliphatic carbocycles. The SMILES string of the molecule is COc1cc(N)c(Cl)cc1C(=O)NCC1CCN(CC(=O)[O-])CC1. The third-order valence-corrected chi connectivity index (χ3v) is 4.50. The highest BCUT2D eigenvalue weighted by atomic mass is 35.5. The van der Waals surface area contributed by atoms with Crippen LogP contribution in [0.2, 0.25) is 5.02 Å². The van der Waals surface area contributed by atoms with E-state index in [1.54, 1.807) is 0 Å². The average Bonchev–Trinajstić information content (AvgIpc) is 2.55. The van der Waals surface area contributed by atoms with Crippen LogP contribution in [0.15, 0.2) is 12.1 Å². The van der Waals surface area contributed by atoms with Crippen LogP contribution in [0.1, 0.15) is 23.2 Å². The van der Waals surface area contributed by atoms with Gasteiger partial charge in [-0.2, -0.15) is 0 Å². The summed E-state index contributed by atoms with van der Waals surface area (Å²) in [7, 11) is 1.46. The number of amides is 1. The van der Waals surface area contributed by atoms with E-state index in [-0.39, 0.29) is 12.5 Å². The molecule has 24 heavy (non-hydrogen) atoms. The van der Waals surface area contributed by atoms with Gasteiger partial charge in [0, 0.05) is 19.2 Å². The van der Waals surface area contributed by atoms with Gasteiger partial charge >= 0.3 is 0 Å². The molecular weight excluding hydrogens is 334 g/mol. The highest BCUT2D eigenvalue weighted by molar-refractivity contribution is 6.33. The van der Waals surface area contributed by atoms with E-state index in [4.69, 9.17) is 22.1 Å². The number of anilines is 1. The molecule has 1 amide bonds. The third-order valence-electron chi connectivity index (χ3n) is 4.17. The number of carboxylic acid groups (broad SMARTS) is 1. The Kier molecular flexibility index (Phi) is 6.28. The van der Waals surface area contributed by atoms with Crippen molar-refractivity contribution < 1.29 is 19.4 Å². The van der Waals surface area contributed by atoms with Crippen LogP contribution in [0.25, 0.3) is 0 Å².